The lowest BCUT2D eigenvalue weighted by Crippen LogP contribution is -2.21. The summed E-state index contributed by atoms with van der Waals surface area (Å²) in [4.78, 5) is 12.6. The first kappa shape index (κ1) is 14.3. The lowest BCUT2D eigenvalue weighted by molar-refractivity contribution is -0.114. The molecule has 2 aromatic carbocycles. The molecule has 0 radical (unpaired) electrons. The van der Waals surface area contributed by atoms with Crippen LogP contribution in [-0.2, 0) is 4.79 Å². The fourth-order valence-corrected chi connectivity index (χ4v) is 2.37. The molecule has 0 saturated heterocycles. The number of carbonyl (C=O) groups is 1. The van der Waals surface area contributed by atoms with Crippen molar-refractivity contribution in [2.75, 3.05) is 5.01 Å². The molecule has 3 rings (SSSR count). The Morgan fingerprint density at radius 2 is 1.41 bits per heavy atom. The van der Waals surface area contributed by atoms with Gasteiger partial charge in [0.1, 0.15) is 0 Å². The van der Waals surface area contributed by atoms with E-state index >= 15 is 0 Å². The molecule has 0 bridgehead atoms. The number of hydrogen-bond acceptors (Lipinski definition) is 2. The molecule has 0 aliphatic carbocycles. The number of hydrogen-bond donors (Lipinski definition) is 0. The van der Waals surface area contributed by atoms with Crippen LogP contribution < -0.4 is 5.01 Å². The van der Waals surface area contributed by atoms with Gasteiger partial charge in [-0.15, -0.1) is 0 Å². The number of nitrogens with zero attached hydrogens (tertiary/aromatic N) is 2. The van der Waals surface area contributed by atoms with Gasteiger partial charge < -0.3 is 0 Å². The van der Waals surface area contributed by atoms with Crippen molar-refractivity contribution < 1.29 is 4.79 Å². The van der Waals surface area contributed by atoms with Crippen molar-refractivity contribution in [2.24, 2.45) is 5.10 Å². The van der Waals surface area contributed by atoms with E-state index in [-0.39, 0.29) is 5.91 Å². The highest BCUT2D eigenvalue weighted by Crippen LogP contribution is 2.25. The van der Waals surface area contributed by atoms with E-state index in [4.69, 9.17) is 0 Å². The summed E-state index contributed by atoms with van der Waals surface area (Å²) < 4.78 is 0. The standard InChI is InChI=1S/C19H18N2O/c1-13-4-8-16(9-5-13)12-18-15(3)20-21(19(18)22)17-10-6-14(2)7-11-17/h4-12H,1-3H3/b18-12-. The average Bonchev–Trinajstić information content (AvgIpc) is 2.78. The number of rotatable bonds is 2. The molecule has 0 N–H and O–H groups in total. The predicted molar refractivity (Wildman–Crippen MR) is 90.9 cm³/mol. The second kappa shape index (κ2) is 5.60. The monoisotopic (exact) mass is 290 g/mol. The van der Waals surface area contributed by atoms with Gasteiger partial charge in [0.15, 0.2) is 0 Å². The smallest absolute Gasteiger partial charge is 0.267 e. The molecule has 3 heteroatoms. The summed E-state index contributed by atoms with van der Waals surface area (Å²) in [7, 11) is 0. The maximum absolute atomic E-state index is 12.6. The summed E-state index contributed by atoms with van der Waals surface area (Å²) >= 11 is 0. The highest BCUT2D eigenvalue weighted by Gasteiger charge is 2.28. The van der Waals surface area contributed by atoms with Crippen LogP contribution in [0.25, 0.3) is 6.08 Å². The van der Waals surface area contributed by atoms with Crippen LogP contribution >= 0.6 is 0 Å². The van der Waals surface area contributed by atoms with Crippen LogP contribution in [0.3, 0.4) is 0 Å². The van der Waals surface area contributed by atoms with Crippen LogP contribution in [0.1, 0.15) is 23.6 Å². The Morgan fingerprint density at radius 3 is 2.00 bits per heavy atom. The first-order valence-corrected chi connectivity index (χ1v) is 7.30. The Morgan fingerprint density at radius 1 is 0.864 bits per heavy atom. The molecular weight excluding hydrogens is 272 g/mol. The largest absolute Gasteiger partial charge is 0.280 e. The second-order valence-electron chi connectivity index (χ2n) is 5.61. The Bertz CT molecular complexity index is 768. The van der Waals surface area contributed by atoms with Crippen molar-refractivity contribution >= 4 is 23.4 Å². The fourth-order valence-electron chi connectivity index (χ4n) is 2.37. The van der Waals surface area contributed by atoms with Crippen molar-refractivity contribution in [3.05, 3.63) is 70.8 Å². The summed E-state index contributed by atoms with van der Waals surface area (Å²) in [5.41, 5.74) is 5.55. The van der Waals surface area contributed by atoms with Gasteiger partial charge in [-0.2, -0.15) is 10.1 Å². The van der Waals surface area contributed by atoms with E-state index in [1.165, 1.54) is 10.6 Å². The molecule has 1 amide bonds. The molecule has 0 saturated carbocycles. The highest BCUT2D eigenvalue weighted by molar-refractivity contribution is 6.32. The zero-order valence-corrected chi connectivity index (χ0v) is 13.0. The molecule has 22 heavy (non-hydrogen) atoms. The van der Waals surface area contributed by atoms with E-state index in [1.807, 2.05) is 75.4 Å². The van der Waals surface area contributed by atoms with Crippen LogP contribution in [0.2, 0.25) is 0 Å². The third-order valence-electron chi connectivity index (χ3n) is 3.73. The quantitative estimate of drug-likeness (QED) is 0.766. The summed E-state index contributed by atoms with van der Waals surface area (Å²) in [6, 6.07) is 15.9. The van der Waals surface area contributed by atoms with Crippen molar-refractivity contribution in [2.45, 2.75) is 20.8 Å². The molecule has 0 spiro atoms. The topological polar surface area (TPSA) is 32.7 Å². The van der Waals surface area contributed by atoms with Gasteiger partial charge in [0.25, 0.3) is 5.91 Å². The van der Waals surface area contributed by atoms with Crippen LogP contribution in [0.15, 0.2) is 59.2 Å². The third-order valence-corrected chi connectivity index (χ3v) is 3.73. The lowest BCUT2D eigenvalue weighted by Gasteiger charge is -2.11. The van der Waals surface area contributed by atoms with E-state index in [9.17, 15) is 4.79 Å². The Hall–Kier alpha value is -2.68. The van der Waals surface area contributed by atoms with Crippen molar-refractivity contribution in [3.63, 3.8) is 0 Å². The molecule has 110 valence electrons. The molecule has 1 aliphatic heterocycles. The molecule has 3 nitrogen and oxygen atoms in total. The Balaban J connectivity index is 1.92. The predicted octanol–water partition coefficient (Wildman–Crippen LogP) is 4.11. The zero-order valence-electron chi connectivity index (χ0n) is 13.0. The number of amides is 1. The molecular formula is C19H18N2O. The van der Waals surface area contributed by atoms with Gasteiger partial charge in [0.05, 0.1) is 17.0 Å². The minimum absolute atomic E-state index is 0.0815. The Kier molecular flexibility index (Phi) is 3.63. The van der Waals surface area contributed by atoms with Gasteiger partial charge in [0.2, 0.25) is 0 Å². The summed E-state index contributed by atoms with van der Waals surface area (Å²) in [6.45, 7) is 5.93. The van der Waals surface area contributed by atoms with E-state index in [1.54, 1.807) is 0 Å². The molecule has 0 fully saturated rings. The van der Waals surface area contributed by atoms with E-state index < -0.39 is 0 Å². The summed E-state index contributed by atoms with van der Waals surface area (Å²) in [6.07, 6.45) is 1.90. The van der Waals surface area contributed by atoms with Gasteiger partial charge in [-0.3, -0.25) is 4.79 Å². The third kappa shape index (κ3) is 2.70. The maximum Gasteiger partial charge on any atom is 0.280 e. The molecule has 2 aromatic rings. The molecule has 0 unspecified atom stereocenters. The number of carbonyl (C=O) groups excluding carboxylic acids is 1. The normalized spacial score (nSPS) is 16.3. The fraction of sp³-hybridized carbons (Fsp3) is 0.158. The average molecular weight is 290 g/mol. The van der Waals surface area contributed by atoms with Gasteiger partial charge in [0, 0.05) is 0 Å². The van der Waals surface area contributed by atoms with E-state index in [0.29, 0.717) is 5.57 Å². The maximum atomic E-state index is 12.6. The van der Waals surface area contributed by atoms with E-state index in [2.05, 4.69) is 5.10 Å². The lowest BCUT2D eigenvalue weighted by atomic mass is 10.1. The van der Waals surface area contributed by atoms with Gasteiger partial charge in [-0.1, -0.05) is 47.5 Å². The van der Waals surface area contributed by atoms with Crippen molar-refractivity contribution in [1.29, 1.82) is 0 Å². The first-order chi connectivity index (χ1) is 10.5. The molecule has 0 aromatic heterocycles. The number of anilines is 1. The molecule has 0 atom stereocenters. The molecule has 1 aliphatic rings. The van der Waals surface area contributed by atoms with Crippen molar-refractivity contribution in [1.82, 2.24) is 0 Å². The Labute approximate surface area is 130 Å². The van der Waals surface area contributed by atoms with Gasteiger partial charge in [-0.05, 0) is 44.5 Å². The summed E-state index contributed by atoms with van der Waals surface area (Å²) in [5.74, 6) is -0.0815. The SMILES string of the molecule is CC1=NN(c2ccc(C)cc2)C(=O)/C1=C\c1ccc(C)cc1. The van der Waals surface area contributed by atoms with E-state index in [0.717, 1.165) is 22.5 Å². The van der Waals surface area contributed by atoms with Gasteiger partial charge >= 0.3 is 0 Å². The second-order valence-corrected chi connectivity index (χ2v) is 5.61. The minimum Gasteiger partial charge on any atom is -0.267 e. The zero-order chi connectivity index (χ0) is 15.7. The van der Waals surface area contributed by atoms with Crippen LogP contribution in [0, 0.1) is 13.8 Å². The van der Waals surface area contributed by atoms with Crippen LogP contribution in [0.4, 0.5) is 5.69 Å². The molecule has 1 heterocycles. The number of hydrazone groups is 1. The first-order valence-electron chi connectivity index (χ1n) is 7.30. The van der Waals surface area contributed by atoms with Crippen LogP contribution in [0.5, 0.6) is 0 Å². The highest BCUT2D eigenvalue weighted by atomic mass is 16.2. The van der Waals surface area contributed by atoms with Crippen molar-refractivity contribution in [3.8, 4) is 0 Å². The van der Waals surface area contributed by atoms with Gasteiger partial charge in [-0.25, -0.2) is 0 Å². The minimum atomic E-state index is -0.0815. The number of benzene rings is 2. The van der Waals surface area contributed by atoms with Crippen LogP contribution in [-0.4, -0.2) is 11.6 Å². The summed E-state index contributed by atoms with van der Waals surface area (Å²) in [5, 5.41) is 5.86. The number of aryl methyl sites for hydroxylation is 2.